The first-order chi connectivity index (χ1) is 16.1. The smallest absolute Gasteiger partial charge is 0.255 e. The van der Waals surface area contributed by atoms with E-state index in [9.17, 15) is 9.59 Å². The first-order valence-electron chi connectivity index (χ1n) is 10.8. The predicted molar refractivity (Wildman–Crippen MR) is 134 cm³/mol. The largest absolute Gasteiger partial charge is 0.497 e. The standard InChI is InChI=1S/C26H28N2O4S/c1-3-4-16-32-22-12-8-20(9-13-22)27-25(29)18-33-24-14-10-21(11-15-24)28-26(30)19-6-5-7-23(17-19)31-2/h5-15,17H,3-4,16,18H2,1-2H3,(H,27,29)(H,28,30). The van der Waals surface area contributed by atoms with Gasteiger partial charge in [0, 0.05) is 21.8 Å². The van der Waals surface area contributed by atoms with Gasteiger partial charge in [0.2, 0.25) is 5.91 Å². The number of amides is 2. The minimum atomic E-state index is -0.213. The van der Waals surface area contributed by atoms with E-state index in [0.717, 1.165) is 29.2 Å². The Kier molecular flexibility index (Phi) is 9.20. The van der Waals surface area contributed by atoms with E-state index in [4.69, 9.17) is 9.47 Å². The summed E-state index contributed by atoms with van der Waals surface area (Å²) in [6.07, 6.45) is 2.11. The summed E-state index contributed by atoms with van der Waals surface area (Å²) in [5, 5.41) is 5.75. The number of nitrogens with one attached hydrogen (secondary N) is 2. The number of rotatable bonds is 11. The minimum absolute atomic E-state index is 0.0879. The third-order valence-corrected chi connectivity index (χ3v) is 5.73. The molecule has 0 aliphatic heterocycles. The Morgan fingerprint density at radius 1 is 0.879 bits per heavy atom. The molecule has 0 heterocycles. The van der Waals surface area contributed by atoms with Crippen molar-refractivity contribution in [2.45, 2.75) is 24.7 Å². The lowest BCUT2D eigenvalue weighted by atomic mass is 10.2. The van der Waals surface area contributed by atoms with Gasteiger partial charge in [0.15, 0.2) is 0 Å². The fourth-order valence-corrected chi connectivity index (χ4v) is 3.62. The predicted octanol–water partition coefficient (Wildman–Crippen LogP) is 5.86. The van der Waals surface area contributed by atoms with Crippen molar-refractivity contribution >= 4 is 35.0 Å². The zero-order valence-corrected chi connectivity index (χ0v) is 19.6. The van der Waals surface area contributed by atoms with Gasteiger partial charge in [-0.05, 0) is 73.2 Å². The second-order valence-electron chi connectivity index (χ2n) is 7.27. The highest BCUT2D eigenvalue weighted by Crippen LogP contribution is 2.22. The number of carbonyl (C=O) groups is 2. The third-order valence-electron chi connectivity index (χ3n) is 4.72. The molecular weight excluding hydrogens is 436 g/mol. The normalized spacial score (nSPS) is 10.4. The number of anilines is 2. The van der Waals surface area contributed by atoms with Gasteiger partial charge in [-0.1, -0.05) is 19.4 Å². The summed E-state index contributed by atoms with van der Waals surface area (Å²) >= 11 is 1.43. The van der Waals surface area contributed by atoms with E-state index in [1.165, 1.54) is 11.8 Å². The van der Waals surface area contributed by atoms with Crippen molar-refractivity contribution in [3.8, 4) is 11.5 Å². The summed E-state index contributed by atoms with van der Waals surface area (Å²) in [4.78, 5) is 25.6. The van der Waals surface area contributed by atoms with Gasteiger partial charge in [-0.15, -0.1) is 11.8 Å². The minimum Gasteiger partial charge on any atom is -0.497 e. The lowest BCUT2D eigenvalue weighted by molar-refractivity contribution is -0.113. The lowest BCUT2D eigenvalue weighted by Gasteiger charge is -2.09. The van der Waals surface area contributed by atoms with E-state index in [-0.39, 0.29) is 17.6 Å². The van der Waals surface area contributed by atoms with Crippen LogP contribution in [0, 0.1) is 0 Å². The Morgan fingerprint density at radius 3 is 2.27 bits per heavy atom. The van der Waals surface area contributed by atoms with Gasteiger partial charge in [-0.2, -0.15) is 0 Å². The highest BCUT2D eigenvalue weighted by Gasteiger charge is 2.08. The quantitative estimate of drug-likeness (QED) is 0.275. The van der Waals surface area contributed by atoms with E-state index in [0.29, 0.717) is 23.6 Å². The Morgan fingerprint density at radius 2 is 1.58 bits per heavy atom. The van der Waals surface area contributed by atoms with Crippen LogP contribution in [-0.2, 0) is 4.79 Å². The van der Waals surface area contributed by atoms with Gasteiger partial charge in [-0.3, -0.25) is 9.59 Å². The van der Waals surface area contributed by atoms with Gasteiger partial charge in [-0.25, -0.2) is 0 Å². The van der Waals surface area contributed by atoms with Crippen LogP contribution < -0.4 is 20.1 Å². The maximum Gasteiger partial charge on any atom is 0.255 e. The van der Waals surface area contributed by atoms with Gasteiger partial charge < -0.3 is 20.1 Å². The van der Waals surface area contributed by atoms with Crippen LogP contribution in [0.2, 0.25) is 0 Å². The molecule has 2 amide bonds. The molecule has 0 aliphatic rings. The topological polar surface area (TPSA) is 76.7 Å². The number of benzene rings is 3. The average Bonchev–Trinajstić information content (AvgIpc) is 2.85. The molecule has 0 aromatic heterocycles. The molecule has 7 heteroatoms. The van der Waals surface area contributed by atoms with E-state index in [1.807, 2.05) is 48.5 Å². The zero-order chi connectivity index (χ0) is 23.5. The molecule has 0 bridgehead atoms. The molecule has 0 fully saturated rings. The monoisotopic (exact) mass is 464 g/mol. The lowest BCUT2D eigenvalue weighted by Crippen LogP contribution is -2.14. The van der Waals surface area contributed by atoms with Crippen LogP contribution in [0.25, 0.3) is 0 Å². The first kappa shape index (κ1) is 24.2. The van der Waals surface area contributed by atoms with Crippen molar-refractivity contribution in [2.75, 3.05) is 30.1 Å². The summed E-state index contributed by atoms with van der Waals surface area (Å²) in [7, 11) is 1.56. The molecule has 0 spiro atoms. The fourth-order valence-electron chi connectivity index (χ4n) is 2.92. The summed E-state index contributed by atoms with van der Waals surface area (Å²) in [6, 6.07) is 21.7. The van der Waals surface area contributed by atoms with Crippen molar-refractivity contribution in [1.29, 1.82) is 0 Å². The summed E-state index contributed by atoms with van der Waals surface area (Å²) in [5.74, 6) is 1.41. The Bertz CT molecular complexity index is 1050. The van der Waals surface area contributed by atoms with Crippen molar-refractivity contribution in [3.63, 3.8) is 0 Å². The summed E-state index contributed by atoms with van der Waals surface area (Å²) < 4.78 is 10.8. The van der Waals surface area contributed by atoms with Crippen molar-refractivity contribution in [3.05, 3.63) is 78.4 Å². The van der Waals surface area contributed by atoms with E-state index in [2.05, 4.69) is 17.6 Å². The van der Waals surface area contributed by atoms with Crippen LogP contribution >= 0.6 is 11.8 Å². The maximum atomic E-state index is 12.4. The van der Waals surface area contributed by atoms with Crippen LogP contribution in [0.4, 0.5) is 11.4 Å². The number of hydrogen-bond donors (Lipinski definition) is 2. The number of thioether (sulfide) groups is 1. The number of hydrogen-bond acceptors (Lipinski definition) is 5. The second kappa shape index (κ2) is 12.6. The summed E-state index contributed by atoms with van der Waals surface area (Å²) in [6.45, 7) is 2.82. The molecule has 172 valence electrons. The fraction of sp³-hybridized carbons (Fsp3) is 0.231. The molecule has 0 saturated carbocycles. The molecule has 0 aliphatic carbocycles. The number of unbranched alkanes of at least 4 members (excludes halogenated alkanes) is 1. The van der Waals surface area contributed by atoms with Crippen molar-refractivity contribution < 1.29 is 19.1 Å². The van der Waals surface area contributed by atoms with Gasteiger partial charge in [0.1, 0.15) is 11.5 Å². The molecule has 2 N–H and O–H groups in total. The molecule has 6 nitrogen and oxygen atoms in total. The third kappa shape index (κ3) is 7.88. The molecule has 0 radical (unpaired) electrons. The second-order valence-corrected chi connectivity index (χ2v) is 8.32. The van der Waals surface area contributed by atoms with E-state index < -0.39 is 0 Å². The van der Waals surface area contributed by atoms with E-state index in [1.54, 1.807) is 31.4 Å². The SMILES string of the molecule is CCCCOc1ccc(NC(=O)CSc2ccc(NC(=O)c3cccc(OC)c3)cc2)cc1. The highest BCUT2D eigenvalue weighted by molar-refractivity contribution is 8.00. The first-order valence-corrected chi connectivity index (χ1v) is 11.8. The highest BCUT2D eigenvalue weighted by atomic mass is 32.2. The molecule has 0 atom stereocenters. The maximum absolute atomic E-state index is 12.4. The molecule has 3 rings (SSSR count). The molecule has 0 unspecified atom stereocenters. The Hall–Kier alpha value is -3.45. The van der Waals surface area contributed by atoms with E-state index >= 15 is 0 Å². The number of carbonyl (C=O) groups excluding carboxylic acids is 2. The summed E-state index contributed by atoms with van der Waals surface area (Å²) in [5.41, 5.74) is 1.93. The molecular formula is C26H28N2O4S. The Balaban J connectivity index is 1.45. The number of ether oxygens (including phenoxy) is 2. The average molecular weight is 465 g/mol. The zero-order valence-electron chi connectivity index (χ0n) is 18.8. The molecule has 0 saturated heterocycles. The number of methoxy groups -OCH3 is 1. The van der Waals surface area contributed by atoms with Crippen LogP contribution in [0.1, 0.15) is 30.1 Å². The van der Waals surface area contributed by atoms with Gasteiger partial charge >= 0.3 is 0 Å². The molecule has 33 heavy (non-hydrogen) atoms. The van der Waals surface area contributed by atoms with Crippen LogP contribution in [0.5, 0.6) is 11.5 Å². The molecule has 3 aromatic rings. The van der Waals surface area contributed by atoms with Crippen LogP contribution in [0.3, 0.4) is 0 Å². The van der Waals surface area contributed by atoms with Crippen LogP contribution in [0.15, 0.2) is 77.7 Å². The van der Waals surface area contributed by atoms with Crippen LogP contribution in [-0.4, -0.2) is 31.3 Å². The van der Waals surface area contributed by atoms with Crippen molar-refractivity contribution in [2.24, 2.45) is 0 Å². The molecule has 3 aromatic carbocycles. The van der Waals surface area contributed by atoms with Crippen molar-refractivity contribution in [1.82, 2.24) is 0 Å². The van der Waals surface area contributed by atoms with Gasteiger partial charge in [0.05, 0.1) is 19.5 Å². The Labute approximate surface area is 198 Å². The van der Waals surface area contributed by atoms with Gasteiger partial charge in [0.25, 0.3) is 5.91 Å².